The lowest BCUT2D eigenvalue weighted by Gasteiger charge is -2.26. The number of aromatic amines is 1. The minimum atomic E-state index is -0.466. The molecule has 0 radical (unpaired) electrons. The van der Waals surface area contributed by atoms with E-state index >= 15 is 0 Å². The fraction of sp³-hybridized carbons (Fsp3) is 0.333. The Kier molecular flexibility index (Phi) is 2.93. The van der Waals surface area contributed by atoms with Crippen molar-refractivity contribution in [2.75, 3.05) is 13.7 Å². The fourth-order valence-corrected chi connectivity index (χ4v) is 2.01. The second-order valence-corrected chi connectivity index (χ2v) is 4.47. The summed E-state index contributed by atoms with van der Waals surface area (Å²) in [5.41, 5.74) is 7.36. The van der Waals surface area contributed by atoms with Crippen LogP contribution in [0.15, 0.2) is 24.4 Å². The molecular formula is C12H15ClN2O. The van der Waals surface area contributed by atoms with Crippen molar-refractivity contribution >= 4 is 22.5 Å². The van der Waals surface area contributed by atoms with Crippen molar-refractivity contribution < 1.29 is 4.74 Å². The van der Waals surface area contributed by atoms with E-state index in [1.165, 1.54) is 0 Å². The number of aromatic nitrogens is 1. The number of nitrogens with one attached hydrogen (secondary N) is 1. The molecule has 1 atom stereocenters. The number of nitrogens with two attached hydrogens (primary N) is 1. The predicted molar refractivity (Wildman–Crippen MR) is 66.7 cm³/mol. The molecule has 1 heterocycles. The third-order valence-corrected chi connectivity index (χ3v) is 3.29. The van der Waals surface area contributed by atoms with Crippen molar-refractivity contribution in [3.63, 3.8) is 0 Å². The number of hydrogen-bond donors (Lipinski definition) is 2. The number of benzene rings is 1. The van der Waals surface area contributed by atoms with Crippen molar-refractivity contribution in [2.45, 2.75) is 12.5 Å². The van der Waals surface area contributed by atoms with Crippen LogP contribution in [0.3, 0.4) is 0 Å². The first-order valence-corrected chi connectivity index (χ1v) is 5.51. The maximum atomic E-state index is 5.93. The molecule has 0 bridgehead atoms. The standard InChI is InChI=1S/C12H15ClN2O/c1-12(7-14,16-2)10-6-15-11-5-8(13)3-4-9(10)11/h3-6,15H,7,14H2,1-2H3. The van der Waals surface area contributed by atoms with E-state index in [0.717, 1.165) is 16.5 Å². The van der Waals surface area contributed by atoms with Gasteiger partial charge in [0.15, 0.2) is 0 Å². The van der Waals surface area contributed by atoms with Crippen LogP contribution in [0.25, 0.3) is 10.9 Å². The Morgan fingerprint density at radius 1 is 1.50 bits per heavy atom. The van der Waals surface area contributed by atoms with E-state index in [1.807, 2.05) is 31.3 Å². The summed E-state index contributed by atoms with van der Waals surface area (Å²) in [5.74, 6) is 0. The van der Waals surface area contributed by atoms with Crippen LogP contribution in [0, 0.1) is 0 Å². The maximum absolute atomic E-state index is 5.93. The first kappa shape index (κ1) is 11.5. The molecule has 0 fully saturated rings. The lowest BCUT2D eigenvalue weighted by molar-refractivity contribution is 0.0113. The molecule has 4 heteroatoms. The molecule has 0 aliphatic heterocycles. The molecule has 0 aliphatic carbocycles. The zero-order valence-corrected chi connectivity index (χ0v) is 10.1. The molecule has 3 N–H and O–H groups in total. The van der Waals surface area contributed by atoms with Crippen LogP contribution in [-0.4, -0.2) is 18.6 Å². The van der Waals surface area contributed by atoms with E-state index in [9.17, 15) is 0 Å². The highest BCUT2D eigenvalue weighted by atomic mass is 35.5. The summed E-state index contributed by atoms with van der Waals surface area (Å²) in [5, 5.41) is 1.81. The minimum absolute atomic E-state index is 0.430. The number of H-pyrrole nitrogens is 1. The lowest BCUT2D eigenvalue weighted by atomic mass is 9.95. The van der Waals surface area contributed by atoms with Gasteiger partial charge in [-0.1, -0.05) is 17.7 Å². The molecular weight excluding hydrogens is 224 g/mol. The van der Waals surface area contributed by atoms with Gasteiger partial charge in [0.2, 0.25) is 0 Å². The van der Waals surface area contributed by atoms with Gasteiger partial charge in [-0.25, -0.2) is 0 Å². The Morgan fingerprint density at radius 2 is 2.25 bits per heavy atom. The molecule has 1 aromatic carbocycles. The van der Waals surface area contributed by atoms with Crippen molar-refractivity contribution in [1.82, 2.24) is 4.98 Å². The molecule has 3 nitrogen and oxygen atoms in total. The first-order chi connectivity index (χ1) is 7.60. The van der Waals surface area contributed by atoms with Gasteiger partial charge in [-0.15, -0.1) is 0 Å². The number of fused-ring (bicyclic) bond motifs is 1. The van der Waals surface area contributed by atoms with Gasteiger partial charge in [-0.3, -0.25) is 0 Å². The van der Waals surface area contributed by atoms with Crippen molar-refractivity contribution in [3.05, 3.63) is 35.0 Å². The largest absolute Gasteiger partial charge is 0.372 e. The number of rotatable bonds is 3. The summed E-state index contributed by atoms with van der Waals surface area (Å²) in [6, 6.07) is 5.75. The minimum Gasteiger partial charge on any atom is -0.372 e. The van der Waals surface area contributed by atoms with Crippen LogP contribution in [0.1, 0.15) is 12.5 Å². The molecule has 1 unspecified atom stereocenters. The Bertz CT molecular complexity index is 503. The van der Waals surface area contributed by atoms with Crippen LogP contribution in [-0.2, 0) is 10.3 Å². The smallest absolute Gasteiger partial charge is 0.104 e. The van der Waals surface area contributed by atoms with Gasteiger partial charge < -0.3 is 15.5 Å². The van der Waals surface area contributed by atoms with E-state index in [1.54, 1.807) is 7.11 Å². The van der Waals surface area contributed by atoms with Crippen LogP contribution >= 0.6 is 11.6 Å². The van der Waals surface area contributed by atoms with Gasteiger partial charge in [0.1, 0.15) is 5.60 Å². The number of methoxy groups -OCH3 is 1. The lowest BCUT2D eigenvalue weighted by Crippen LogP contribution is -2.33. The Hall–Kier alpha value is -1.03. The molecule has 86 valence electrons. The van der Waals surface area contributed by atoms with E-state index in [0.29, 0.717) is 11.6 Å². The van der Waals surface area contributed by atoms with Crippen LogP contribution in [0.2, 0.25) is 5.02 Å². The first-order valence-electron chi connectivity index (χ1n) is 5.13. The molecule has 0 amide bonds. The summed E-state index contributed by atoms with van der Waals surface area (Å²) >= 11 is 5.93. The average Bonchev–Trinajstić information content (AvgIpc) is 2.71. The number of hydrogen-bond acceptors (Lipinski definition) is 2. The van der Waals surface area contributed by atoms with Gasteiger partial charge in [0.05, 0.1) is 0 Å². The maximum Gasteiger partial charge on any atom is 0.104 e. The number of halogens is 1. The highest BCUT2D eigenvalue weighted by Crippen LogP contribution is 2.31. The Balaban J connectivity index is 2.62. The van der Waals surface area contributed by atoms with E-state index in [4.69, 9.17) is 22.1 Å². The highest BCUT2D eigenvalue weighted by Gasteiger charge is 2.27. The summed E-state index contributed by atoms with van der Waals surface area (Å²) in [4.78, 5) is 3.18. The van der Waals surface area contributed by atoms with E-state index in [-0.39, 0.29) is 0 Å². The van der Waals surface area contributed by atoms with Gasteiger partial charge in [0.25, 0.3) is 0 Å². The molecule has 0 saturated carbocycles. The molecule has 0 aliphatic rings. The molecule has 0 spiro atoms. The highest BCUT2D eigenvalue weighted by molar-refractivity contribution is 6.31. The van der Waals surface area contributed by atoms with E-state index < -0.39 is 5.60 Å². The van der Waals surface area contributed by atoms with Gasteiger partial charge in [-0.05, 0) is 19.1 Å². The zero-order chi connectivity index (χ0) is 11.8. The van der Waals surface area contributed by atoms with Crippen molar-refractivity contribution in [2.24, 2.45) is 5.73 Å². The third-order valence-electron chi connectivity index (χ3n) is 3.05. The summed E-state index contributed by atoms with van der Waals surface area (Å²) < 4.78 is 5.49. The zero-order valence-electron chi connectivity index (χ0n) is 9.38. The van der Waals surface area contributed by atoms with E-state index in [2.05, 4.69) is 4.98 Å². The topological polar surface area (TPSA) is 51.0 Å². The third kappa shape index (κ3) is 1.71. The van der Waals surface area contributed by atoms with Crippen molar-refractivity contribution in [3.8, 4) is 0 Å². The Morgan fingerprint density at radius 3 is 2.88 bits per heavy atom. The molecule has 16 heavy (non-hydrogen) atoms. The molecule has 2 rings (SSSR count). The van der Waals surface area contributed by atoms with Crippen LogP contribution in [0.4, 0.5) is 0 Å². The fourth-order valence-electron chi connectivity index (χ4n) is 1.84. The monoisotopic (exact) mass is 238 g/mol. The van der Waals surface area contributed by atoms with Crippen LogP contribution < -0.4 is 5.73 Å². The molecule has 0 saturated heterocycles. The van der Waals surface area contributed by atoms with Gasteiger partial charge in [-0.2, -0.15) is 0 Å². The predicted octanol–water partition coefficient (Wildman–Crippen LogP) is 2.64. The summed E-state index contributed by atoms with van der Waals surface area (Å²) in [7, 11) is 1.67. The quantitative estimate of drug-likeness (QED) is 0.864. The van der Waals surface area contributed by atoms with Crippen LogP contribution in [0.5, 0.6) is 0 Å². The summed E-state index contributed by atoms with van der Waals surface area (Å²) in [6.45, 7) is 2.41. The van der Waals surface area contributed by atoms with Crippen molar-refractivity contribution in [1.29, 1.82) is 0 Å². The second-order valence-electron chi connectivity index (χ2n) is 4.03. The van der Waals surface area contributed by atoms with Gasteiger partial charge in [0, 0.05) is 41.3 Å². The summed E-state index contributed by atoms with van der Waals surface area (Å²) in [6.07, 6.45) is 1.93. The average molecular weight is 239 g/mol. The van der Waals surface area contributed by atoms with Gasteiger partial charge >= 0.3 is 0 Å². The molecule has 2 aromatic rings. The number of ether oxygens (including phenoxy) is 1. The SMILES string of the molecule is COC(C)(CN)c1c[nH]c2cc(Cl)ccc12. The second kappa shape index (κ2) is 4.09. The molecule has 1 aromatic heterocycles. The Labute approximate surface area is 99.5 Å². The normalized spacial score (nSPS) is 15.2.